The van der Waals surface area contributed by atoms with Gasteiger partial charge in [-0.1, -0.05) is 0 Å². The maximum Gasteiger partial charge on any atom is 0.271 e. The van der Waals surface area contributed by atoms with Crippen molar-refractivity contribution < 1.29 is 24.1 Å². The molecule has 0 aliphatic carbocycles. The molecule has 2 aromatic carbocycles. The van der Waals surface area contributed by atoms with Gasteiger partial charge in [-0.2, -0.15) is 0 Å². The van der Waals surface area contributed by atoms with Crippen molar-refractivity contribution in [3.05, 3.63) is 62.2 Å². The van der Waals surface area contributed by atoms with Gasteiger partial charge in [0.05, 0.1) is 58.9 Å². The van der Waals surface area contributed by atoms with Crippen LogP contribution in [0.15, 0.2) is 36.4 Å². The summed E-state index contributed by atoms with van der Waals surface area (Å²) >= 11 is 0. The molecule has 0 radical (unpaired) electrons. The molecule has 0 aromatic heterocycles. The molecule has 0 bridgehead atoms. The minimum Gasteiger partial charge on any atom is -0.378 e. The summed E-state index contributed by atoms with van der Waals surface area (Å²) in [7, 11) is 0. The molecule has 2 aliphatic heterocycles. The summed E-state index contributed by atoms with van der Waals surface area (Å²) in [5.74, 6) is -0.538. The van der Waals surface area contributed by atoms with Crippen LogP contribution in [0.4, 0.5) is 28.4 Å². The van der Waals surface area contributed by atoms with Gasteiger partial charge in [-0.25, -0.2) is 0 Å². The van der Waals surface area contributed by atoms with Crippen LogP contribution in [-0.4, -0.2) is 68.4 Å². The molecule has 2 aliphatic rings. The number of hydrogen-bond acceptors (Lipinski definition) is 9. The second-order valence-electron chi connectivity index (χ2n) is 7.57. The molecular weight excluding hydrogens is 434 g/mol. The monoisotopic (exact) mass is 457 g/mol. The number of nitro benzene ring substituents is 2. The first kappa shape index (κ1) is 22.4. The second-order valence-corrected chi connectivity index (χ2v) is 7.57. The summed E-state index contributed by atoms with van der Waals surface area (Å²) in [4.78, 5) is 38.8. The fourth-order valence-corrected chi connectivity index (χ4v) is 3.89. The molecule has 2 heterocycles. The molecule has 33 heavy (non-hydrogen) atoms. The zero-order valence-electron chi connectivity index (χ0n) is 17.8. The Morgan fingerprint density at radius 1 is 0.788 bits per heavy atom. The van der Waals surface area contributed by atoms with Gasteiger partial charge < -0.3 is 24.6 Å². The van der Waals surface area contributed by atoms with Crippen LogP contribution in [0.3, 0.4) is 0 Å². The van der Waals surface area contributed by atoms with Gasteiger partial charge in [-0.05, 0) is 12.1 Å². The number of carbonyl (C=O) groups excluding carboxylic acids is 1. The lowest BCUT2D eigenvalue weighted by atomic mass is 10.1. The predicted molar refractivity (Wildman–Crippen MR) is 120 cm³/mol. The van der Waals surface area contributed by atoms with E-state index < -0.39 is 15.8 Å². The highest BCUT2D eigenvalue weighted by Gasteiger charge is 2.24. The third kappa shape index (κ3) is 5.02. The Labute approximate surface area is 189 Å². The summed E-state index contributed by atoms with van der Waals surface area (Å²) in [6.45, 7) is 4.02. The van der Waals surface area contributed by atoms with Crippen molar-refractivity contribution in [1.29, 1.82) is 0 Å². The van der Waals surface area contributed by atoms with Crippen molar-refractivity contribution in [2.24, 2.45) is 0 Å². The Morgan fingerprint density at radius 2 is 1.30 bits per heavy atom. The summed E-state index contributed by atoms with van der Waals surface area (Å²) < 4.78 is 10.7. The van der Waals surface area contributed by atoms with Crippen LogP contribution in [0.5, 0.6) is 0 Å². The maximum atomic E-state index is 13.3. The van der Waals surface area contributed by atoms with E-state index in [0.29, 0.717) is 69.7 Å². The Morgan fingerprint density at radius 3 is 1.88 bits per heavy atom. The van der Waals surface area contributed by atoms with Crippen molar-refractivity contribution in [2.75, 3.05) is 67.7 Å². The summed E-state index contributed by atoms with van der Waals surface area (Å²) in [5.41, 5.74) is 1.30. The molecule has 0 unspecified atom stereocenters. The SMILES string of the molecule is O=C(Nc1ccc([N+](=O)[O-])cc1N1CCOCC1)c1cc([N+](=O)[O-])ccc1N1CCOCC1. The number of benzene rings is 2. The number of nitrogens with one attached hydrogen (secondary N) is 1. The molecule has 12 heteroatoms. The minimum absolute atomic E-state index is 0.0983. The van der Waals surface area contributed by atoms with Gasteiger partial charge in [0.25, 0.3) is 17.3 Å². The summed E-state index contributed by atoms with van der Waals surface area (Å²) in [6, 6.07) is 8.39. The molecule has 2 saturated heterocycles. The number of nitro groups is 2. The van der Waals surface area contributed by atoms with Gasteiger partial charge in [0.15, 0.2) is 0 Å². The number of non-ortho nitro benzene ring substituents is 2. The van der Waals surface area contributed by atoms with Crippen molar-refractivity contribution >= 4 is 34.3 Å². The number of anilines is 3. The highest BCUT2D eigenvalue weighted by molar-refractivity contribution is 6.10. The van der Waals surface area contributed by atoms with Gasteiger partial charge >= 0.3 is 0 Å². The molecule has 2 fully saturated rings. The Bertz CT molecular complexity index is 1060. The number of hydrogen-bond donors (Lipinski definition) is 1. The Kier molecular flexibility index (Phi) is 6.66. The van der Waals surface area contributed by atoms with Crippen molar-refractivity contribution in [3.8, 4) is 0 Å². The van der Waals surface area contributed by atoms with Crippen LogP contribution in [0.25, 0.3) is 0 Å². The van der Waals surface area contributed by atoms with Gasteiger partial charge in [-0.15, -0.1) is 0 Å². The average Bonchev–Trinajstić information content (AvgIpc) is 2.84. The van der Waals surface area contributed by atoms with E-state index >= 15 is 0 Å². The second kappa shape index (κ2) is 9.79. The smallest absolute Gasteiger partial charge is 0.271 e. The molecule has 4 rings (SSSR count). The Balaban J connectivity index is 1.69. The maximum absolute atomic E-state index is 13.3. The number of rotatable bonds is 6. The first-order chi connectivity index (χ1) is 15.9. The fraction of sp³-hybridized carbons (Fsp3) is 0.381. The fourth-order valence-electron chi connectivity index (χ4n) is 3.89. The number of nitrogens with zero attached hydrogens (tertiary/aromatic N) is 4. The predicted octanol–water partition coefficient (Wildman–Crippen LogP) is 2.43. The molecule has 12 nitrogen and oxygen atoms in total. The molecule has 1 amide bonds. The van der Waals surface area contributed by atoms with Crippen LogP contribution in [0.2, 0.25) is 0 Å². The lowest BCUT2D eigenvalue weighted by molar-refractivity contribution is -0.385. The van der Waals surface area contributed by atoms with Crippen LogP contribution < -0.4 is 15.1 Å². The number of ether oxygens (including phenoxy) is 2. The average molecular weight is 457 g/mol. The van der Waals surface area contributed by atoms with Crippen molar-refractivity contribution in [1.82, 2.24) is 0 Å². The van der Waals surface area contributed by atoms with Crippen LogP contribution in [0.1, 0.15) is 10.4 Å². The van der Waals surface area contributed by atoms with E-state index in [1.807, 2.05) is 9.80 Å². The van der Waals surface area contributed by atoms with Crippen LogP contribution >= 0.6 is 0 Å². The first-order valence-electron chi connectivity index (χ1n) is 10.5. The van der Waals surface area contributed by atoms with E-state index in [9.17, 15) is 25.0 Å². The summed E-state index contributed by atoms with van der Waals surface area (Å²) in [5, 5.41) is 25.5. The standard InChI is InChI=1S/C21H23N5O7/c27-21(17-13-15(25(28)29)2-4-19(17)23-5-9-32-10-6-23)22-18-3-1-16(26(30)31)14-20(18)24-7-11-33-12-8-24/h1-4,13-14H,5-12H2,(H,22,27). The molecule has 2 aromatic rings. The zero-order chi connectivity index (χ0) is 23.4. The van der Waals surface area contributed by atoms with Gasteiger partial charge in [0.1, 0.15) is 0 Å². The van der Waals surface area contributed by atoms with Crippen molar-refractivity contribution in [2.45, 2.75) is 0 Å². The van der Waals surface area contributed by atoms with E-state index in [4.69, 9.17) is 9.47 Å². The van der Waals surface area contributed by atoms with Crippen molar-refractivity contribution in [3.63, 3.8) is 0 Å². The lowest BCUT2D eigenvalue weighted by Crippen LogP contribution is -2.38. The van der Waals surface area contributed by atoms with E-state index in [-0.39, 0.29) is 16.9 Å². The molecule has 0 spiro atoms. The van der Waals surface area contributed by atoms with Gasteiger partial charge in [0.2, 0.25) is 0 Å². The van der Waals surface area contributed by atoms with E-state index in [0.717, 1.165) is 0 Å². The topological polar surface area (TPSA) is 140 Å². The summed E-state index contributed by atoms with van der Waals surface area (Å²) in [6.07, 6.45) is 0. The molecule has 0 saturated carbocycles. The number of carbonyl (C=O) groups is 1. The van der Waals surface area contributed by atoms with Gasteiger partial charge in [-0.3, -0.25) is 25.0 Å². The number of amides is 1. The highest BCUT2D eigenvalue weighted by atomic mass is 16.6. The lowest BCUT2D eigenvalue weighted by Gasteiger charge is -2.31. The first-order valence-corrected chi connectivity index (χ1v) is 10.5. The molecule has 1 N–H and O–H groups in total. The molecular formula is C21H23N5O7. The highest BCUT2D eigenvalue weighted by Crippen LogP contribution is 2.33. The normalized spacial score (nSPS) is 16.4. The van der Waals surface area contributed by atoms with E-state index in [2.05, 4.69) is 5.32 Å². The third-order valence-corrected chi connectivity index (χ3v) is 5.58. The quantitative estimate of drug-likeness (QED) is 0.511. The number of morpholine rings is 2. The zero-order valence-corrected chi connectivity index (χ0v) is 17.8. The molecule has 0 atom stereocenters. The van der Waals surface area contributed by atoms with Crippen LogP contribution in [-0.2, 0) is 9.47 Å². The minimum atomic E-state index is -0.551. The Hall–Kier alpha value is -3.77. The molecule has 174 valence electrons. The van der Waals surface area contributed by atoms with Gasteiger partial charge in [0, 0.05) is 50.4 Å². The third-order valence-electron chi connectivity index (χ3n) is 5.58. The van der Waals surface area contributed by atoms with Crippen LogP contribution in [0, 0.1) is 20.2 Å². The largest absolute Gasteiger partial charge is 0.378 e. The van der Waals surface area contributed by atoms with E-state index in [1.54, 1.807) is 6.07 Å². The van der Waals surface area contributed by atoms with E-state index in [1.165, 1.54) is 30.3 Å².